The van der Waals surface area contributed by atoms with Gasteiger partial charge < -0.3 is 0 Å². The fourth-order valence-electron chi connectivity index (χ4n) is 1.50. The van der Waals surface area contributed by atoms with Gasteiger partial charge in [-0.2, -0.15) is 0 Å². The number of hydrogen-bond donors (Lipinski definition) is 0. The molecule has 0 radical (unpaired) electrons. The maximum Gasteiger partial charge on any atom is -0.0348 e. The van der Waals surface area contributed by atoms with Crippen LogP contribution in [0.25, 0.3) is 0 Å². The van der Waals surface area contributed by atoms with Crippen molar-refractivity contribution in [2.45, 2.75) is 65.2 Å². The molecule has 0 heterocycles. The number of allylic oxidation sites excluding steroid dienone is 6. The molecule has 92 valence electrons. The average Bonchev–Trinajstić information content (AvgIpc) is 2.31. The number of rotatable bonds is 10. The first-order valence-electron chi connectivity index (χ1n) is 6.90. The smallest absolute Gasteiger partial charge is 0.0348 e. The largest absolute Gasteiger partial charge is 0.0845 e. The van der Waals surface area contributed by atoms with Gasteiger partial charge in [0.2, 0.25) is 0 Å². The quantitative estimate of drug-likeness (QED) is 0.321. The molecule has 0 N–H and O–H groups in total. The van der Waals surface area contributed by atoms with Crippen LogP contribution in [0.15, 0.2) is 36.5 Å². The van der Waals surface area contributed by atoms with Gasteiger partial charge in [-0.15, -0.1) is 0 Å². The third kappa shape index (κ3) is 13.2. The molecule has 0 fully saturated rings. The summed E-state index contributed by atoms with van der Waals surface area (Å²) < 4.78 is 0. The SMILES string of the molecule is CCCCC/C=C/C=C/C=C/CCCCC. The van der Waals surface area contributed by atoms with Gasteiger partial charge in [0.05, 0.1) is 0 Å². The molecule has 0 rings (SSSR count). The van der Waals surface area contributed by atoms with E-state index in [1.807, 2.05) is 0 Å². The summed E-state index contributed by atoms with van der Waals surface area (Å²) in [4.78, 5) is 0. The molecule has 0 aromatic heterocycles. The Balaban J connectivity index is 3.31. The summed E-state index contributed by atoms with van der Waals surface area (Å²) in [5.74, 6) is 0. The van der Waals surface area contributed by atoms with E-state index in [0.717, 1.165) is 0 Å². The molecule has 0 saturated carbocycles. The summed E-state index contributed by atoms with van der Waals surface area (Å²) in [5.41, 5.74) is 0. The van der Waals surface area contributed by atoms with Gasteiger partial charge in [0.1, 0.15) is 0 Å². The van der Waals surface area contributed by atoms with E-state index in [1.165, 1.54) is 51.4 Å². The zero-order valence-corrected chi connectivity index (χ0v) is 11.1. The van der Waals surface area contributed by atoms with Crippen molar-refractivity contribution < 1.29 is 0 Å². The maximum absolute atomic E-state index is 2.26. The van der Waals surface area contributed by atoms with Crippen molar-refractivity contribution in [1.82, 2.24) is 0 Å². The summed E-state index contributed by atoms with van der Waals surface area (Å²) in [5, 5.41) is 0. The summed E-state index contributed by atoms with van der Waals surface area (Å²) in [6, 6.07) is 0. The van der Waals surface area contributed by atoms with E-state index < -0.39 is 0 Å². The molecule has 0 unspecified atom stereocenters. The molecule has 0 nitrogen and oxygen atoms in total. The van der Waals surface area contributed by atoms with Crippen LogP contribution in [0.5, 0.6) is 0 Å². The lowest BCUT2D eigenvalue weighted by atomic mass is 10.2. The molecule has 0 aromatic rings. The van der Waals surface area contributed by atoms with Crippen molar-refractivity contribution in [3.63, 3.8) is 0 Å². The van der Waals surface area contributed by atoms with Gasteiger partial charge in [-0.25, -0.2) is 0 Å². The summed E-state index contributed by atoms with van der Waals surface area (Å²) in [7, 11) is 0. The minimum Gasteiger partial charge on any atom is -0.0845 e. The van der Waals surface area contributed by atoms with Crippen LogP contribution in [-0.2, 0) is 0 Å². The van der Waals surface area contributed by atoms with Crippen LogP contribution in [0.1, 0.15) is 65.2 Å². The average molecular weight is 220 g/mol. The zero-order chi connectivity index (χ0) is 11.9. The van der Waals surface area contributed by atoms with Gasteiger partial charge in [-0.3, -0.25) is 0 Å². The normalized spacial score (nSPS) is 12.4. The van der Waals surface area contributed by atoms with Crippen LogP contribution in [0.2, 0.25) is 0 Å². The molecule has 0 heteroatoms. The van der Waals surface area contributed by atoms with Crippen LogP contribution in [0, 0.1) is 0 Å². The predicted octanol–water partition coefficient (Wildman–Crippen LogP) is 5.82. The van der Waals surface area contributed by atoms with Crippen LogP contribution in [0.4, 0.5) is 0 Å². The lowest BCUT2D eigenvalue weighted by Crippen LogP contribution is -1.70. The Hall–Kier alpha value is -0.780. The first kappa shape index (κ1) is 15.2. The second-order valence-corrected chi connectivity index (χ2v) is 4.23. The Bertz CT molecular complexity index is 174. The lowest BCUT2D eigenvalue weighted by molar-refractivity contribution is 0.729. The second kappa shape index (κ2) is 14.2. The molecule has 0 aromatic carbocycles. The third-order valence-corrected chi connectivity index (χ3v) is 2.55. The van der Waals surface area contributed by atoms with Gasteiger partial charge in [-0.05, 0) is 25.7 Å². The molecule has 0 atom stereocenters. The Morgan fingerprint density at radius 3 is 1.38 bits per heavy atom. The van der Waals surface area contributed by atoms with E-state index in [2.05, 4.69) is 50.3 Å². The topological polar surface area (TPSA) is 0 Å². The minimum absolute atomic E-state index is 1.22. The van der Waals surface area contributed by atoms with Crippen molar-refractivity contribution >= 4 is 0 Å². The van der Waals surface area contributed by atoms with Gasteiger partial charge >= 0.3 is 0 Å². The lowest BCUT2D eigenvalue weighted by Gasteiger charge is -1.90. The fourth-order valence-corrected chi connectivity index (χ4v) is 1.50. The molecule has 0 aliphatic carbocycles. The monoisotopic (exact) mass is 220 g/mol. The Kier molecular flexibility index (Phi) is 13.5. The van der Waals surface area contributed by atoms with E-state index in [0.29, 0.717) is 0 Å². The van der Waals surface area contributed by atoms with Crippen LogP contribution < -0.4 is 0 Å². The third-order valence-electron chi connectivity index (χ3n) is 2.55. The van der Waals surface area contributed by atoms with E-state index in [1.54, 1.807) is 0 Å². The summed E-state index contributed by atoms with van der Waals surface area (Å²) >= 11 is 0. The molecule has 0 aliphatic rings. The second-order valence-electron chi connectivity index (χ2n) is 4.23. The minimum atomic E-state index is 1.22. The zero-order valence-electron chi connectivity index (χ0n) is 11.1. The summed E-state index contributed by atoms with van der Waals surface area (Å²) in [6.07, 6.45) is 23.5. The molecule has 16 heavy (non-hydrogen) atoms. The van der Waals surface area contributed by atoms with Gasteiger partial charge in [0.25, 0.3) is 0 Å². The van der Waals surface area contributed by atoms with Crippen LogP contribution in [0.3, 0.4) is 0 Å². The molecule has 0 aliphatic heterocycles. The summed E-state index contributed by atoms with van der Waals surface area (Å²) in [6.45, 7) is 4.49. The molecule has 0 amide bonds. The fraction of sp³-hybridized carbons (Fsp3) is 0.625. The standard InChI is InChI=1S/C16H28/c1-3-5-7-9-11-13-15-16-14-12-10-8-6-4-2/h11-16H,3-10H2,1-2H3/b13-11+,14-12+,16-15+. The Morgan fingerprint density at radius 1 is 0.562 bits per heavy atom. The van der Waals surface area contributed by atoms with Crippen molar-refractivity contribution in [3.05, 3.63) is 36.5 Å². The Morgan fingerprint density at radius 2 is 1.00 bits per heavy atom. The molecule has 0 bridgehead atoms. The highest BCUT2D eigenvalue weighted by atomic mass is 13.9. The molecule has 0 spiro atoms. The van der Waals surface area contributed by atoms with E-state index in [9.17, 15) is 0 Å². The first-order chi connectivity index (χ1) is 7.91. The molecular formula is C16H28. The van der Waals surface area contributed by atoms with E-state index in [4.69, 9.17) is 0 Å². The van der Waals surface area contributed by atoms with Gasteiger partial charge in [0, 0.05) is 0 Å². The highest BCUT2D eigenvalue weighted by Crippen LogP contribution is 2.00. The van der Waals surface area contributed by atoms with Crippen LogP contribution >= 0.6 is 0 Å². The first-order valence-corrected chi connectivity index (χ1v) is 6.90. The van der Waals surface area contributed by atoms with Crippen LogP contribution in [-0.4, -0.2) is 0 Å². The Labute approximate surface area is 102 Å². The van der Waals surface area contributed by atoms with Crippen molar-refractivity contribution in [2.75, 3.05) is 0 Å². The number of hydrogen-bond acceptors (Lipinski definition) is 0. The highest BCUT2D eigenvalue weighted by Gasteiger charge is 1.80. The predicted molar refractivity (Wildman–Crippen MR) is 75.7 cm³/mol. The van der Waals surface area contributed by atoms with Crippen molar-refractivity contribution in [3.8, 4) is 0 Å². The van der Waals surface area contributed by atoms with Gasteiger partial charge in [-0.1, -0.05) is 76.0 Å². The number of unbranched alkanes of at least 4 members (excludes halogenated alkanes) is 6. The van der Waals surface area contributed by atoms with E-state index in [-0.39, 0.29) is 0 Å². The molecule has 0 saturated heterocycles. The maximum atomic E-state index is 2.26. The van der Waals surface area contributed by atoms with Gasteiger partial charge in [0.15, 0.2) is 0 Å². The van der Waals surface area contributed by atoms with E-state index >= 15 is 0 Å². The highest BCUT2D eigenvalue weighted by molar-refractivity contribution is 5.10. The van der Waals surface area contributed by atoms with Crippen molar-refractivity contribution in [2.24, 2.45) is 0 Å². The molecular weight excluding hydrogens is 192 g/mol. The van der Waals surface area contributed by atoms with Crippen molar-refractivity contribution in [1.29, 1.82) is 0 Å².